The van der Waals surface area contributed by atoms with Crippen LogP contribution in [0, 0.1) is 0 Å². The highest BCUT2D eigenvalue weighted by Gasteiger charge is 2.17. The van der Waals surface area contributed by atoms with Crippen LogP contribution in [0.4, 0.5) is 0 Å². The number of unbranched alkanes of at least 4 members (excludes halogenated alkanes) is 1. The van der Waals surface area contributed by atoms with Gasteiger partial charge in [0.15, 0.2) is 5.96 Å². The fraction of sp³-hybridized carbons (Fsp3) is 0.750. The summed E-state index contributed by atoms with van der Waals surface area (Å²) in [5.41, 5.74) is 0. The molecule has 1 saturated heterocycles. The lowest BCUT2D eigenvalue weighted by molar-refractivity contribution is 0.158. The van der Waals surface area contributed by atoms with Gasteiger partial charge in [-0.05, 0) is 70.5 Å². The van der Waals surface area contributed by atoms with Gasteiger partial charge in [-0.2, -0.15) is 0 Å². The minimum atomic E-state index is 0.776. The molecule has 0 amide bonds. The molecule has 142 valence electrons. The maximum absolute atomic E-state index is 4.83. The first-order chi connectivity index (χ1) is 12.2. The molecule has 0 saturated carbocycles. The average molecular weight is 365 g/mol. The molecule has 0 aromatic carbocycles. The van der Waals surface area contributed by atoms with Gasteiger partial charge in [-0.3, -0.25) is 4.99 Å². The fourth-order valence-corrected chi connectivity index (χ4v) is 4.11. The van der Waals surface area contributed by atoms with Gasteiger partial charge >= 0.3 is 0 Å². The standard InChI is InChI=1S/C20H36N4S/c1-4-21-20(23(3)16-12-19-11-9-17-25-19)22-13-6-8-15-24-14-7-5-10-18(24)2/h9,11,17-18H,4-8,10,12-16H2,1-3H3,(H,21,22). The number of thiophene rings is 1. The molecule has 1 fully saturated rings. The highest BCUT2D eigenvalue weighted by molar-refractivity contribution is 7.09. The lowest BCUT2D eigenvalue weighted by Gasteiger charge is -2.33. The Hall–Kier alpha value is -1.07. The molecule has 1 aromatic rings. The molecule has 1 unspecified atom stereocenters. The lowest BCUT2D eigenvalue weighted by atomic mass is 10.0. The smallest absolute Gasteiger partial charge is 0.193 e. The van der Waals surface area contributed by atoms with E-state index in [0.29, 0.717) is 0 Å². The summed E-state index contributed by atoms with van der Waals surface area (Å²) in [6.45, 7) is 9.91. The molecular formula is C20H36N4S. The van der Waals surface area contributed by atoms with Crippen molar-refractivity contribution < 1.29 is 0 Å². The Morgan fingerprint density at radius 2 is 2.28 bits per heavy atom. The Morgan fingerprint density at radius 3 is 3.00 bits per heavy atom. The van der Waals surface area contributed by atoms with E-state index >= 15 is 0 Å². The van der Waals surface area contributed by atoms with Crippen LogP contribution >= 0.6 is 11.3 Å². The number of nitrogens with zero attached hydrogens (tertiary/aromatic N) is 3. The summed E-state index contributed by atoms with van der Waals surface area (Å²) in [6.07, 6.45) is 7.68. The van der Waals surface area contributed by atoms with Crippen molar-refractivity contribution in [2.24, 2.45) is 4.99 Å². The van der Waals surface area contributed by atoms with E-state index in [2.05, 4.69) is 53.5 Å². The molecule has 4 nitrogen and oxygen atoms in total. The van der Waals surface area contributed by atoms with E-state index in [1.54, 1.807) is 0 Å². The van der Waals surface area contributed by atoms with Crippen LogP contribution in [-0.4, -0.2) is 61.6 Å². The highest BCUT2D eigenvalue weighted by Crippen LogP contribution is 2.16. The van der Waals surface area contributed by atoms with Gasteiger partial charge in [0.25, 0.3) is 0 Å². The average Bonchev–Trinajstić information content (AvgIpc) is 3.13. The number of rotatable bonds is 9. The second kappa shape index (κ2) is 11.5. The van der Waals surface area contributed by atoms with Crippen LogP contribution in [0.15, 0.2) is 22.5 Å². The number of likely N-dealkylation sites (N-methyl/N-ethyl adjacent to an activating group) is 1. The maximum atomic E-state index is 4.83. The predicted octanol–water partition coefficient (Wildman–Crippen LogP) is 3.84. The molecule has 0 radical (unpaired) electrons. The number of guanidine groups is 1. The fourth-order valence-electron chi connectivity index (χ4n) is 3.41. The van der Waals surface area contributed by atoms with Crippen LogP contribution in [0.2, 0.25) is 0 Å². The van der Waals surface area contributed by atoms with Gasteiger partial charge in [-0.25, -0.2) is 0 Å². The van der Waals surface area contributed by atoms with E-state index in [1.807, 2.05) is 11.3 Å². The third-order valence-corrected chi connectivity index (χ3v) is 5.96. The van der Waals surface area contributed by atoms with Crippen LogP contribution in [-0.2, 0) is 6.42 Å². The zero-order chi connectivity index (χ0) is 17.9. The highest BCUT2D eigenvalue weighted by atomic mass is 32.1. The summed E-state index contributed by atoms with van der Waals surface area (Å²) >= 11 is 1.84. The van der Waals surface area contributed by atoms with Gasteiger partial charge in [-0.15, -0.1) is 11.3 Å². The summed E-state index contributed by atoms with van der Waals surface area (Å²) in [4.78, 5) is 11.2. The van der Waals surface area contributed by atoms with E-state index in [-0.39, 0.29) is 0 Å². The number of aliphatic imine (C=N–C) groups is 1. The largest absolute Gasteiger partial charge is 0.357 e. The molecule has 1 aliphatic heterocycles. The van der Waals surface area contributed by atoms with Crippen molar-refractivity contribution >= 4 is 17.3 Å². The van der Waals surface area contributed by atoms with Crippen molar-refractivity contribution in [1.29, 1.82) is 0 Å². The van der Waals surface area contributed by atoms with Crippen LogP contribution in [0.1, 0.15) is 50.8 Å². The van der Waals surface area contributed by atoms with E-state index in [4.69, 9.17) is 4.99 Å². The van der Waals surface area contributed by atoms with Gasteiger partial charge in [0.1, 0.15) is 0 Å². The van der Waals surface area contributed by atoms with Gasteiger partial charge in [0.2, 0.25) is 0 Å². The van der Waals surface area contributed by atoms with Crippen molar-refractivity contribution in [1.82, 2.24) is 15.1 Å². The van der Waals surface area contributed by atoms with Crippen LogP contribution < -0.4 is 5.32 Å². The number of nitrogens with one attached hydrogen (secondary N) is 1. The van der Waals surface area contributed by atoms with Crippen molar-refractivity contribution in [3.8, 4) is 0 Å². The molecule has 5 heteroatoms. The van der Waals surface area contributed by atoms with Crippen molar-refractivity contribution in [3.05, 3.63) is 22.4 Å². The molecule has 2 heterocycles. The minimum absolute atomic E-state index is 0.776. The van der Waals surface area contributed by atoms with Crippen LogP contribution in [0.3, 0.4) is 0 Å². The molecule has 1 N–H and O–H groups in total. The number of piperidine rings is 1. The molecule has 1 atom stereocenters. The number of hydrogen-bond acceptors (Lipinski definition) is 3. The SMILES string of the molecule is CCNC(=NCCCCN1CCCCC1C)N(C)CCc1cccs1. The van der Waals surface area contributed by atoms with E-state index in [0.717, 1.165) is 38.1 Å². The second-order valence-electron chi connectivity index (χ2n) is 7.07. The Bertz CT molecular complexity index is 486. The molecule has 25 heavy (non-hydrogen) atoms. The van der Waals surface area contributed by atoms with E-state index < -0.39 is 0 Å². The topological polar surface area (TPSA) is 30.9 Å². The first kappa shape index (κ1) is 20.2. The first-order valence-corrected chi connectivity index (χ1v) is 10.8. The molecule has 1 aromatic heterocycles. The third kappa shape index (κ3) is 7.37. The van der Waals surface area contributed by atoms with Crippen molar-refractivity contribution in [2.75, 3.05) is 39.8 Å². The molecular weight excluding hydrogens is 328 g/mol. The second-order valence-corrected chi connectivity index (χ2v) is 8.11. The molecule has 1 aliphatic rings. The lowest BCUT2D eigenvalue weighted by Crippen LogP contribution is -2.40. The normalized spacial score (nSPS) is 19.2. The Morgan fingerprint density at radius 1 is 1.40 bits per heavy atom. The summed E-state index contributed by atoms with van der Waals surface area (Å²) < 4.78 is 0. The van der Waals surface area contributed by atoms with Gasteiger partial charge in [0, 0.05) is 37.6 Å². The third-order valence-electron chi connectivity index (χ3n) is 5.03. The quantitative estimate of drug-likeness (QED) is 0.410. The molecule has 0 spiro atoms. The maximum Gasteiger partial charge on any atom is 0.193 e. The molecule has 0 aliphatic carbocycles. The Balaban J connectivity index is 1.68. The summed E-state index contributed by atoms with van der Waals surface area (Å²) in [5.74, 6) is 1.05. The molecule has 2 rings (SSSR count). The van der Waals surface area contributed by atoms with Gasteiger partial charge in [-0.1, -0.05) is 12.5 Å². The van der Waals surface area contributed by atoms with Crippen molar-refractivity contribution in [2.45, 2.75) is 58.4 Å². The Labute approximate surface area is 158 Å². The number of likely N-dealkylation sites (tertiary alicyclic amines) is 1. The zero-order valence-corrected chi connectivity index (χ0v) is 17.2. The summed E-state index contributed by atoms with van der Waals surface area (Å²) in [6, 6.07) is 5.12. The minimum Gasteiger partial charge on any atom is -0.357 e. The summed E-state index contributed by atoms with van der Waals surface area (Å²) in [5, 5.41) is 5.58. The Kier molecular flexibility index (Phi) is 9.33. The van der Waals surface area contributed by atoms with Crippen LogP contribution in [0.25, 0.3) is 0 Å². The van der Waals surface area contributed by atoms with Crippen LogP contribution in [0.5, 0.6) is 0 Å². The first-order valence-electron chi connectivity index (χ1n) is 9.96. The van der Waals surface area contributed by atoms with Gasteiger partial charge in [0.05, 0.1) is 0 Å². The summed E-state index contributed by atoms with van der Waals surface area (Å²) in [7, 11) is 2.14. The van der Waals surface area contributed by atoms with E-state index in [9.17, 15) is 0 Å². The number of hydrogen-bond donors (Lipinski definition) is 1. The predicted molar refractivity (Wildman–Crippen MR) is 111 cm³/mol. The van der Waals surface area contributed by atoms with E-state index in [1.165, 1.54) is 50.1 Å². The molecule has 0 bridgehead atoms. The monoisotopic (exact) mass is 364 g/mol. The van der Waals surface area contributed by atoms with Crippen molar-refractivity contribution in [3.63, 3.8) is 0 Å². The van der Waals surface area contributed by atoms with Gasteiger partial charge < -0.3 is 15.1 Å². The zero-order valence-electron chi connectivity index (χ0n) is 16.3.